The predicted octanol–water partition coefficient (Wildman–Crippen LogP) is 2.89. The first kappa shape index (κ1) is 16.3. The van der Waals surface area contributed by atoms with Crippen LogP contribution < -0.4 is 4.90 Å². The molecule has 1 aliphatic heterocycles. The lowest BCUT2D eigenvalue weighted by Gasteiger charge is -2.32. The minimum absolute atomic E-state index is 0.0306. The molecule has 1 heterocycles. The fraction of sp³-hybridized carbons (Fsp3) is 0.550. The average molecular weight is 340 g/mol. The molecule has 0 N–H and O–H groups in total. The van der Waals surface area contributed by atoms with Crippen molar-refractivity contribution in [2.24, 2.45) is 5.92 Å². The third kappa shape index (κ3) is 3.08. The maximum atomic E-state index is 13.1. The van der Waals surface area contributed by atoms with Crippen LogP contribution >= 0.6 is 0 Å². The fourth-order valence-electron chi connectivity index (χ4n) is 4.18. The third-order valence-corrected chi connectivity index (χ3v) is 5.62. The van der Waals surface area contributed by atoms with E-state index in [1.165, 1.54) is 11.3 Å². The Labute approximate surface area is 148 Å². The second kappa shape index (κ2) is 6.62. The quantitative estimate of drug-likeness (QED) is 0.792. The molecule has 25 heavy (non-hydrogen) atoms. The Morgan fingerprint density at radius 1 is 0.960 bits per heavy atom. The van der Waals surface area contributed by atoms with Crippen molar-refractivity contribution < 1.29 is 14.4 Å². The van der Waals surface area contributed by atoms with Crippen LogP contribution in [0.2, 0.25) is 0 Å². The van der Waals surface area contributed by atoms with E-state index in [2.05, 4.69) is 0 Å². The summed E-state index contributed by atoms with van der Waals surface area (Å²) >= 11 is 0. The van der Waals surface area contributed by atoms with Gasteiger partial charge in [0, 0.05) is 12.0 Å². The number of rotatable bonds is 4. The summed E-state index contributed by atoms with van der Waals surface area (Å²) in [6.07, 6.45) is 7.20. The summed E-state index contributed by atoms with van der Waals surface area (Å²) in [4.78, 5) is 41.6. The van der Waals surface area contributed by atoms with Crippen LogP contribution in [0.3, 0.4) is 0 Å². The predicted molar refractivity (Wildman–Crippen MR) is 93.8 cm³/mol. The second-order valence-corrected chi connectivity index (χ2v) is 7.43. The Kier molecular flexibility index (Phi) is 4.32. The first-order valence-corrected chi connectivity index (χ1v) is 9.41. The normalized spacial score (nSPS) is 24.6. The van der Waals surface area contributed by atoms with Crippen LogP contribution in [0.25, 0.3) is 0 Å². The Hall–Kier alpha value is -2.17. The average Bonchev–Trinajstić information content (AvgIpc) is 3.43. The van der Waals surface area contributed by atoms with E-state index in [0.29, 0.717) is 5.69 Å². The number of hydrogen-bond acceptors (Lipinski definition) is 3. The molecule has 1 atom stereocenters. The number of carbonyl (C=O) groups excluding carboxylic acids is 3. The van der Waals surface area contributed by atoms with E-state index in [9.17, 15) is 14.4 Å². The molecule has 132 valence electrons. The largest absolute Gasteiger partial charge is 0.327 e. The highest BCUT2D eigenvalue weighted by atomic mass is 16.2. The van der Waals surface area contributed by atoms with E-state index in [1.54, 1.807) is 17.0 Å². The Morgan fingerprint density at radius 3 is 2.28 bits per heavy atom. The second-order valence-electron chi connectivity index (χ2n) is 7.43. The van der Waals surface area contributed by atoms with E-state index in [0.717, 1.165) is 38.5 Å². The van der Waals surface area contributed by atoms with Gasteiger partial charge >= 0.3 is 0 Å². The van der Waals surface area contributed by atoms with Crippen LogP contribution in [-0.2, 0) is 14.4 Å². The number of carbonyl (C=O) groups is 3. The van der Waals surface area contributed by atoms with Crippen molar-refractivity contribution in [2.75, 3.05) is 4.90 Å². The van der Waals surface area contributed by atoms with E-state index in [4.69, 9.17) is 0 Å². The Bertz CT molecular complexity index is 677. The van der Waals surface area contributed by atoms with Crippen LogP contribution in [0.4, 0.5) is 5.69 Å². The van der Waals surface area contributed by atoms with Gasteiger partial charge in [-0.05, 0) is 37.8 Å². The molecule has 4 rings (SSSR count). The minimum atomic E-state index is -0.616. The van der Waals surface area contributed by atoms with Crippen molar-refractivity contribution in [3.8, 4) is 0 Å². The molecule has 1 aromatic rings. The van der Waals surface area contributed by atoms with Gasteiger partial charge in [0.25, 0.3) is 5.91 Å². The summed E-state index contributed by atoms with van der Waals surface area (Å²) in [5, 5.41) is 0. The highest BCUT2D eigenvalue weighted by molar-refractivity contribution is 6.23. The molecule has 0 radical (unpaired) electrons. The van der Waals surface area contributed by atoms with Gasteiger partial charge in [0.05, 0.1) is 12.1 Å². The van der Waals surface area contributed by atoms with E-state index in [-0.39, 0.29) is 36.1 Å². The van der Waals surface area contributed by atoms with Gasteiger partial charge < -0.3 is 4.90 Å². The molecule has 3 fully saturated rings. The van der Waals surface area contributed by atoms with Gasteiger partial charge in [-0.3, -0.25) is 14.4 Å². The fourth-order valence-corrected chi connectivity index (χ4v) is 4.18. The number of nitrogens with zero attached hydrogens (tertiary/aromatic N) is 2. The van der Waals surface area contributed by atoms with Crippen molar-refractivity contribution in [3.63, 3.8) is 0 Å². The van der Waals surface area contributed by atoms with Gasteiger partial charge in [-0.2, -0.15) is 0 Å². The summed E-state index contributed by atoms with van der Waals surface area (Å²) in [5.74, 6) is -0.318. The van der Waals surface area contributed by atoms with Gasteiger partial charge in [0.15, 0.2) is 0 Å². The number of hydrogen-bond donors (Lipinski definition) is 0. The number of imide groups is 1. The molecule has 0 spiro atoms. The summed E-state index contributed by atoms with van der Waals surface area (Å²) in [7, 11) is 0. The number of benzene rings is 1. The number of para-hydroxylation sites is 1. The van der Waals surface area contributed by atoms with Crippen molar-refractivity contribution in [1.82, 2.24) is 4.90 Å². The van der Waals surface area contributed by atoms with Gasteiger partial charge in [-0.25, -0.2) is 4.90 Å². The number of anilines is 1. The molecular weight excluding hydrogens is 316 g/mol. The summed E-state index contributed by atoms with van der Waals surface area (Å²) in [6.45, 7) is 0. The first-order valence-electron chi connectivity index (χ1n) is 9.41. The van der Waals surface area contributed by atoms with Crippen LogP contribution in [0, 0.1) is 5.92 Å². The molecule has 3 amide bonds. The van der Waals surface area contributed by atoms with Crippen LogP contribution in [-0.4, -0.2) is 34.7 Å². The highest BCUT2D eigenvalue weighted by Gasteiger charge is 2.49. The molecule has 1 unspecified atom stereocenters. The molecule has 1 aromatic carbocycles. The van der Waals surface area contributed by atoms with Crippen LogP contribution in [0.1, 0.15) is 51.4 Å². The van der Waals surface area contributed by atoms with Crippen molar-refractivity contribution in [3.05, 3.63) is 30.3 Å². The third-order valence-electron chi connectivity index (χ3n) is 5.62. The molecule has 5 heteroatoms. The summed E-state index contributed by atoms with van der Waals surface area (Å²) in [6, 6.07) is 8.55. The van der Waals surface area contributed by atoms with Gasteiger partial charge in [0.1, 0.15) is 6.04 Å². The molecular formula is C20H24N2O3. The smallest absolute Gasteiger partial charge is 0.257 e. The first-order chi connectivity index (χ1) is 12.2. The molecule has 2 aliphatic carbocycles. The Morgan fingerprint density at radius 2 is 1.64 bits per heavy atom. The molecule has 5 nitrogen and oxygen atoms in total. The van der Waals surface area contributed by atoms with Gasteiger partial charge in [0.2, 0.25) is 11.8 Å². The zero-order chi connectivity index (χ0) is 17.4. The molecule has 0 aromatic heterocycles. The maximum absolute atomic E-state index is 13.1. The zero-order valence-electron chi connectivity index (χ0n) is 14.4. The lowest BCUT2D eigenvalue weighted by atomic mass is 9.88. The minimum Gasteiger partial charge on any atom is -0.327 e. The number of amides is 3. The van der Waals surface area contributed by atoms with E-state index >= 15 is 0 Å². The molecule has 1 saturated heterocycles. The Balaban J connectivity index is 1.57. The standard InChI is InChI=1S/C20H24N2O3/c23-18-13-17(20(25)22(18)15-9-5-2-6-10-15)21(16-11-12-16)19(24)14-7-3-1-4-8-14/h2,5-6,9-10,14,16-17H,1,3-4,7-8,11-13H2. The van der Waals surface area contributed by atoms with E-state index < -0.39 is 6.04 Å². The summed E-state index contributed by atoms with van der Waals surface area (Å²) in [5.41, 5.74) is 0.598. The molecule has 0 bridgehead atoms. The monoisotopic (exact) mass is 340 g/mol. The van der Waals surface area contributed by atoms with Crippen molar-refractivity contribution >= 4 is 23.4 Å². The lowest BCUT2D eigenvalue weighted by Crippen LogP contribution is -2.49. The molecule has 2 saturated carbocycles. The lowest BCUT2D eigenvalue weighted by molar-refractivity contribution is -0.143. The molecule has 3 aliphatic rings. The van der Waals surface area contributed by atoms with Gasteiger partial charge in [-0.15, -0.1) is 0 Å². The SMILES string of the molecule is O=C1CC(N(C(=O)C2CCCCC2)C2CC2)C(=O)N1c1ccccc1. The summed E-state index contributed by atoms with van der Waals surface area (Å²) < 4.78 is 0. The van der Waals surface area contributed by atoms with Crippen molar-refractivity contribution in [2.45, 2.75) is 63.5 Å². The van der Waals surface area contributed by atoms with Crippen LogP contribution in [0.15, 0.2) is 30.3 Å². The zero-order valence-corrected chi connectivity index (χ0v) is 14.4. The van der Waals surface area contributed by atoms with Crippen LogP contribution in [0.5, 0.6) is 0 Å². The van der Waals surface area contributed by atoms with Crippen molar-refractivity contribution in [1.29, 1.82) is 0 Å². The van der Waals surface area contributed by atoms with Gasteiger partial charge in [-0.1, -0.05) is 37.5 Å². The topological polar surface area (TPSA) is 57.7 Å². The van der Waals surface area contributed by atoms with E-state index in [1.807, 2.05) is 18.2 Å². The maximum Gasteiger partial charge on any atom is 0.257 e. The highest BCUT2D eigenvalue weighted by Crippen LogP contribution is 2.37.